The van der Waals surface area contributed by atoms with Crippen LogP contribution in [0.4, 0.5) is 0 Å². The number of rotatable bonds is 8. The van der Waals surface area contributed by atoms with Gasteiger partial charge in [0.15, 0.2) is 0 Å². The Labute approximate surface area is 196 Å². The van der Waals surface area contributed by atoms with Crippen molar-refractivity contribution in [1.29, 1.82) is 0 Å². The van der Waals surface area contributed by atoms with Crippen molar-refractivity contribution < 1.29 is 14.3 Å². The van der Waals surface area contributed by atoms with Crippen LogP contribution in [0.2, 0.25) is 0 Å². The van der Waals surface area contributed by atoms with Crippen molar-refractivity contribution in [2.24, 2.45) is 0 Å². The van der Waals surface area contributed by atoms with Gasteiger partial charge in [-0.3, -0.25) is 4.79 Å². The predicted octanol–water partition coefficient (Wildman–Crippen LogP) is 5.39. The second-order valence-electron chi connectivity index (χ2n) is 8.95. The van der Waals surface area contributed by atoms with Crippen molar-refractivity contribution in [3.63, 3.8) is 0 Å². The van der Waals surface area contributed by atoms with Crippen LogP contribution in [-0.4, -0.2) is 32.8 Å². The fourth-order valence-electron chi connectivity index (χ4n) is 4.86. The lowest BCUT2D eigenvalue weighted by Gasteiger charge is -2.39. The van der Waals surface area contributed by atoms with Crippen molar-refractivity contribution in [2.45, 2.75) is 37.5 Å². The Kier molecular flexibility index (Phi) is 7.46. The molecule has 33 heavy (non-hydrogen) atoms. The third kappa shape index (κ3) is 5.45. The Bertz CT molecular complexity index is 1000. The maximum atomic E-state index is 13.3. The molecule has 4 rings (SSSR count). The first-order valence-electron chi connectivity index (χ1n) is 11.7. The molecule has 4 heteroatoms. The van der Waals surface area contributed by atoms with E-state index >= 15 is 0 Å². The van der Waals surface area contributed by atoms with Crippen LogP contribution in [-0.2, 0) is 14.9 Å². The van der Waals surface area contributed by atoms with Crippen LogP contribution in [0.3, 0.4) is 0 Å². The van der Waals surface area contributed by atoms with Crippen molar-refractivity contribution in [3.8, 4) is 5.75 Å². The highest BCUT2D eigenvalue weighted by molar-refractivity contribution is 5.77. The van der Waals surface area contributed by atoms with Gasteiger partial charge in [-0.25, -0.2) is 0 Å². The summed E-state index contributed by atoms with van der Waals surface area (Å²) < 4.78 is 11.4. The average Bonchev–Trinajstić information content (AvgIpc) is 2.87. The molecule has 1 saturated heterocycles. The number of nitrogens with one attached hydrogen (secondary N) is 1. The zero-order valence-electron chi connectivity index (χ0n) is 19.6. The van der Waals surface area contributed by atoms with Gasteiger partial charge in [0.2, 0.25) is 5.91 Å². The molecule has 3 aromatic carbocycles. The van der Waals surface area contributed by atoms with E-state index < -0.39 is 0 Å². The third-order valence-corrected chi connectivity index (χ3v) is 6.79. The molecule has 3 aromatic rings. The summed E-state index contributed by atoms with van der Waals surface area (Å²) in [5.41, 5.74) is 4.47. The second kappa shape index (κ2) is 10.7. The predicted molar refractivity (Wildman–Crippen MR) is 132 cm³/mol. The summed E-state index contributed by atoms with van der Waals surface area (Å²) in [6.07, 6.45) is 2.12. The lowest BCUT2D eigenvalue weighted by atomic mass is 9.73. The molecule has 0 aliphatic carbocycles. The van der Waals surface area contributed by atoms with Gasteiger partial charge in [0.05, 0.1) is 7.11 Å². The van der Waals surface area contributed by atoms with Gasteiger partial charge in [0.1, 0.15) is 5.75 Å². The molecular weight excluding hydrogens is 410 g/mol. The maximum absolute atomic E-state index is 13.3. The monoisotopic (exact) mass is 443 g/mol. The summed E-state index contributed by atoms with van der Waals surface area (Å²) in [5, 5.41) is 3.28. The molecule has 1 aliphatic heterocycles. The first-order chi connectivity index (χ1) is 16.1. The van der Waals surface area contributed by atoms with Gasteiger partial charge in [-0.05, 0) is 37.0 Å². The highest BCUT2D eigenvalue weighted by Crippen LogP contribution is 2.40. The Morgan fingerprint density at radius 2 is 1.58 bits per heavy atom. The standard InChI is InChI=1S/C29H33NO3/c1-22-13-14-27(32-2)26(19-22)29(15-17-33-18-16-29)21-30-28(31)20-25(23-9-5-3-6-10-23)24-11-7-4-8-12-24/h3-14,19,25H,15-18,20-21H2,1-2H3,(H,30,31). The van der Waals surface area contributed by atoms with E-state index in [9.17, 15) is 4.79 Å². The van der Waals surface area contributed by atoms with Crippen LogP contribution in [0.15, 0.2) is 78.9 Å². The number of amides is 1. The molecule has 0 bridgehead atoms. The first-order valence-corrected chi connectivity index (χ1v) is 11.7. The fraction of sp³-hybridized carbons (Fsp3) is 0.345. The van der Waals surface area contributed by atoms with E-state index in [1.54, 1.807) is 7.11 Å². The van der Waals surface area contributed by atoms with Crippen LogP contribution in [0.1, 0.15) is 47.4 Å². The number of benzene rings is 3. The highest BCUT2D eigenvalue weighted by Gasteiger charge is 2.37. The minimum Gasteiger partial charge on any atom is -0.496 e. The van der Waals surface area contributed by atoms with Crippen LogP contribution in [0, 0.1) is 6.92 Å². The van der Waals surface area contributed by atoms with Gasteiger partial charge in [0.25, 0.3) is 0 Å². The number of aryl methyl sites for hydroxylation is 1. The van der Waals surface area contributed by atoms with E-state index in [1.807, 2.05) is 42.5 Å². The Hall–Kier alpha value is -3.11. The molecular formula is C29H33NO3. The van der Waals surface area contributed by atoms with E-state index in [0.717, 1.165) is 35.3 Å². The molecule has 1 heterocycles. The first kappa shape index (κ1) is 23.1. The van der Waals surface area contributed by atoms with Gasteiger partial charge in [-0.15, -0.1) is 0 Å². The highest BCUT2D eigenvalue weighted by atomic mass is 16.5. The molecule has 0 atom stereocenters. The number of carbonyl (C=O) groups is 1. The number of hydrogen-bond acceptors (Lipinski definition) is 3. The SMILES string of the molecule is COc1ccc(C)cc1C1(CNC(=O)CC(c2ccccc2)c2ccccc2)CCOCC1. The fourth-order valence-corrected chi connectivity index (χ4v) is 4.86. The topological polar surface area (TPSA) is 47.6 Å². The van der Waals surface area contributed by atoms with Crippen molar-refractivity contribution in [3.05, 3.63) is 101 Å². The van der Waals surface area contributed by atoms with Crippen molar-refractivity contribution in [2.75, 3.05) is 26.9 Å². The minimum atomic E-state index is -0.194. The normalized spacial score (nSPS) is 15.2. The van der Waals surface area contributed by atoms with Crippen LogP contribution >= 0.6 is 0 Å². The molecule has 0 aromatic heterocycles. The number of ether oxygens (including phenoxy) is 2. The van der Waals surface area contributed by atoms with Gasteiger partial charge < -0.3 is 14.8 Å². The number of carbonyl (C=O) groups excluding carboxylic acids is 1. The van der Waals surface area contributed by atoms with Gasteiger partial charge in [-0.1, -0.05) is 78.4 Å². The number of hydrogen-bond donors (Lipinski definition) is 1. The van der Waals surface area contributed by atoms with Crippen molar-refractivity contribution >= 4 is 5.91 Å². The molecule has 4 nitrogen and oxygen atoms in total. The number of methoxy groups -OCH3 is 1. The Balaban J connectivity index is 1.55. The molecule has 0 spiro atoms. The summed E-state index contributed by atoms with van der Waals surface area (Å²) in [5.74, 6) is 0.958. The third-order valence-electron chi connectivity index (χ3n) is 6.79. The van der Waals surface area contributed by atoms with E-state index in [2.05, 4.69) is 48.6 Å². The molecule has 172 valence electrons. The van der Waals surface area contributed by atoms with Crippen LogP contribution in [0.25, 0.3) is 0 Å². The molecule has 1 aliphatic rings. The van der Waals surface area contributed by atoms with Crippen molar-refractivity contribution in [1.82, 2.24) is 5.32 Å². The lowest BCUT2D eigenvalue weighted by Crippen LogP contribution is -2.45. The molecule has 1 N–H and O–H groups in total. The molecule has 0 unspecified atom stereocenters. The largest absolute Gasteiger partial charge is 0.496 e. The summed E-state index contributed by atoms with van der Waals surface area (Å²) in [4.78, 5) is 13.3. The van der Waals surface area contributed by atoms with Gasteiger partial charge >= 0.3 is 0 Å². The maximum Gasteiger partial charge on any atom is 0.220 e. The summed E-state index contributed by atoms with van der Waals surface area (Å²) >= 11 is 0. The van der Waals surface area contributed by atoms with Gasteiger partial charge in [0, 0.05) is 43.1 Å². The van der Waals surface area contributed by atoms with Crippen LogP contribution < -0.4 is 10.1 Å². The van der Waals surface area contributed by atoms with E-state index in [1.165, 1.54) is 5.56 Å². The van der Waals surface area contributed by atoms with E-state index in [-0.39, 0.29) is 17.2 Å². The molecule has 1 amide bonds. The quantitative estimate of drug-likeness (QED) is 0.508. The molecule has 0 radical (unpaired) electrons. The van der Waals surface area contributed by atoms with Crippen LogP contribution in [0.5, 0.6) is 5.75 Å². The van der Waals surface area contributed by atoms with E-state index in [0.29, 0.717) is 26.2 Å². The molecule has 1 fully saturated rings. The minimum absolute atomic E-state index is 0.0199. The lowest BCUT2D eigenvalue weighted by molar-refractivity contribution is -0.121. The smallest absolute Gasteiger partial charge is 0.220 e. The summed E-state index contributed by atoms with van der Waals surface area (Å²) in [6.45, 7) is 4.04. The Morgan fingerprint density at radius 1 is 0.970 bits per heavy atom. The second-order valence-corrected chi connectivity index (χ2v) is 8.95. The average molecular weight is 444 g/mol. The zero-order chi connectivity index (χ0) is 23.1. The van der Waals surface area contributed by atoms with Gasteiger partial charge in [-0.2, -0.15) is 0 Å². The summed E-state index contributed by atoms with van der Waals surface area (Å²) in [6, 6.07) is 26.8. The Morgan fingerprint density at radius 3 is 2.15 bits per heavy atom. The summed E-state index contributed by atoms with van der Waals surface area (Å²) in [7, 11) is 1.71. The zero-order valence-corrected chi connectivity index (χ0v) is 19.6. The van der Waals surface area contributed by atoms with E-state index in [4.69, 9.17) is 9.47 Å². The molecule has 0 saturated carbocycles.